The van der Waals surface area contributed by atoms with Gasteiger partial charge in [-0.1, -0.05) is 24.3 Å². The van der Waals surface area contributed by atoms with E-state index in [9.17, 15) is 5.26 Å². The molecule has 1 unspecified atom stereocenters. The Morgan fingerprint density at radius 1 is 1.06 bits per heavy atom. The van der Waals surface area contributed by atoms with Crippen LogP contribution in [0.25, 0.3) is 0 Å². The SMILES string of the molecule is N#Cc1ccccc1C(C#N)c1cccs1. The Morgan fingerprint density at radius 2 is 1.88 bits per heavy atom. The zero-order valence-corrected chi connectivity index (χ0v) is 9.24. The van der Waals surface area contributed by atoms with E-state index in [1.54, 1.807) is 6.07 Å². The predicted molar refractivity (Wildman–Crippen MR) is 62.9 cm³/mol. The van der Waals surface area contributed by atoms with Gasteiger partial charge in [-0.3, -0.25) is 0 Å². The van der Waals surface area contributed by atoms with E-state index in [2.05, 4.69) is 12.1 Å². The zero-order valence-electron chi connectivity index (χ0n) is 8.42. The lowest BCUT2D eigenvalue weighted by Crippen LogP contribution is -1.98. The molecule has 1 atom stereocenters. The maximum absolute atomic E-state index is 9.22. The molecule has 0 aliphatic heterocycles. The molecule has 0 saturated carbocycles. The van der Waals surface area contributed by atoms with Gasteiger partial charge in [0.15, 0.2) is 0 Å². The van der Waals surface area contributed by atoms with Crippen LogP contribution in [0.5, 0.6) is 0 Å². The molecule has 0 bridgehead atoms. The Hall–Kier alpha value is -2.10. The summed E-state index contributed by atoms with van der Waals surface area (Å²) >= 11 is 1.54. The highest BCUT2D eigenvalue weighted by atomic mass is 32.1. The van der Waals surface area contributed by atoms with Crippen molar-refractivity contribution in [3.63, 3.8) is 0 Å². The van der Waals surface area contributed by atoms with E-state index in [1.165, 1.54) is 11.3 Å². The molecule has 2 rings (SSSR count). The molecule has 0 N–H and O–H groups in total. The number of nitrogens with zero attached hydrogens (tertiary/aromatic N) is 2. The van der Waals surface area contributed by atoms with Gasteiger partial charge in [-0.2, -0.15) is 10.5 Å². The Labute approximate surface area is 98.0 Å². The monoisotopic (exact) mass is 224 g/mol. The Balaban J connectivity index is 2.51. The van der Waals surface area contributed by atoms with Gasteiger partial charge in [-0.15, -0.1) is 11.3 Å². The number of rotatable bonds is 2. The van der Waals surface area contributed by atoms with Crippen LogP contribution in [0.1, 0.15) is 21.9 Å². The number of benzene rings is 1. The van der Waals surface area contributed by atoms with Gasteiger partial charge in [0.25, 0.3) is 0 Å². The fraction of sp³-hybridized carbons (Fsp3) is 0.0769. The highest BCUT2D eigenvalue weighted by Crippen LogP contribution is 2.29. The van der Waals surface area contributed by atoms with Gasteiger partial charge in [0, 0.05) is 4.88 Å². The van der Waals surface area contributed by atoms with Crippen LogP contribution >= 0.6 is 11.3 Å². The summed E-state index contributed by atoms with van der Waals surface area (Å²) < 4.78 is 0. The van der Waals surface area contributed by atoms with Crippen LogP contribution in [0.4, 0.5) is 0 Å². The van der Waals surface area contributed by atoms with Crippen LogP contribution in [0.3, 0.4) is 0 Å². The van der Waals surface area contributed by atoms with Crippen molar-refractivity contribution < 1.29 is 0 Å². The fourth-order valence-electron chi connectivity index (χ4n) is 1.59. The third-order valence-electron chi connectivity index (χ3n) is 2.35. The third kappa shape index (κ3) is 1.82. The first-order valence-corrected chi connectivity index (χ1v) is 5.67. The van der Waals surface area contributed by atoms with Crippen LogP contribution in [0.15, 0.2) is 41.8 Å². The first kappa shape index (κ1) is 10.4. The largest absolute Gasteiger partial charge is 0.197 e. The molecular formula is C13H8N2S. The highest BCUT2D eigenvalue weighted by molar-refractivity contribution is 7.10. The smallest absolute Gasteiger partial charge is 0.107 e. The molecule has 2 aromatic rings. The number of hydrogen-bond acceptors (Lipinski definition) is 3. The molecule has 0 aliphatic rings. The molecule has 3 heteroatoms. The Kier molecular flexibility index (Phi) is 3.00. The van der Waals surface area contributed by atoms with Gasteiger partial charge in [0.1, 0.15) is 5.92 Å². The summed E-state index contributed by atoms with van der Waals surface area (Å²) in [5.41, 5.74) is 1.36. The predicted octanol–water partition coefficient (Wildman–Crippen LogP) is 3.28. The van der Waals surface area contributed by atoms with E-state index >= 15 is 0 Å². The summed E-state index contributed by atoms with van der Waals surface area (Å²) in [6.45, 7) is 0. The van der Waals surface area contributed by atoms with Gasteiger partial charge in [0.05, 0.1) is 17.7 Å². The van der Waals surface area contributed by atoms with Gasteiger partial charge in [0.2, 0.25) is 0 Å². The summed E-state index contributed by atoms with van der Waals surface area (Å²) in [6.07, 6.45) is 0. The summed E-state index contributed by atoms with van der Waals surface area (Å²) in [5.74, 6) is -0.337. The van der Waals surface area contributed by atoms with Crippen molar-refractivity contribution in [2.75, 3.05) is 0 Å². The highest BCUT2D eigenvalue weighted by Gasteiger charge is 2.17. The molecule has 0 fully saturated rings. The molecule has 76 valence electrons. The molecule has 1 aromatic heterocycles. The van der Waals surface area contributed by atoms with E-state index < -0.39 is 0 Å². The van der Waals surface area contributed by atoms with Crippen LogP contribution < -0.4 is 0 Å². The molecule has 0 amide bonds. The van der Waals surface area contributed by atoms with Gasteiger partial charge in [-0.05, 0) is 23.1 Å². The lowest BCUT2D eigenvalue weighted by atomic mass is 9.94. The average molecular weight is 224 g/mol. The minimum Gasteiger partial charge on any atom is -0.197 e. The number of nitriles is 2. The second-order valence-corrected chi connectivity index (χ2v) is 4.26. The van der Waals surface area contributed by atoms with Crippen molar-refractivity contribution >= 4 is 11.3 Å². The topological polar surface area (TPSA) is 47.6 Å². The third-order valence-corrected chi connectivity index (χ3v) is 3.29. The molecular weight excluding hydrogens is 216 g/mol. The molecule has 2 nitrogen and oxygen atoms in total. The van der Waals surface area contributed by atoms with Crippen molar-refractivity contribution in [2.45, 2.75) is 5.92 Å². The van der Waals surface area contributed by atoms with Crippen LogP contribution in [0, 0.1) is 22.7 Å². The van der Waals surface area contributed by atoms with Crippen LogP contribution in [0.2, 0.25) is 0 Å². The molecule has 0 radical (unpaired) electrons. The van der Waals surface area contributed by atoms with Gasteiger partial charge < -0.3 is 0 Å². The first-order valence-electron chi connectivity index (χ1n) is 4.79. The second-order valence-electron chi connectivity index (χ2n) is 3.28. The molecule has 1 heterocycles. The molecule has 1 aromatic carbocycles. The molecule has 0 spiro atoms. The van der Waals surface area contributed by atoms with E-state index in [1.807, 2.05) is 35.7 Å². The zero-order chi connectivity index (χ0) is 11.4. The number of thiophene rings is 1. The quantitative estimate of drug-likeness (QED) is 0.786. The fourth-order valence-corrected chi connectivity index (χ4v) is 2.38. The first-order chi connectivity index (χ1) is 7.86. The number of hydrogen-bond donors (Lipinski definition) is 0. The summed E-state index contributed by atoms with van der Waals surface area (Å²) in [7, 11) is 0. The summed E-state index contributed by atoms with van der Waals surface area (Å²) in [6, 6.07) is 15.5. The summed E-state index contributed by atoms with van der Waals surface area (Å²) in [5, 5.41) is 20.2. The maximum Gasteiger partial charge on any atom is 0.107 e. The maximum atomic E-state index is 9.22. The standard InChI is InChI=1S/C13H8N2S/c14-8-10-4-1-2-5-11(10)12(9-15)13-6-3-7-16-13/h1-7,12H. The normalized spacial score (nSPS) is 11.4. The van der Waals surface area contributed by atoms with Gasteiger partial charge >= 0.3 is 0 Å². The second kappa shape index (κ2) is 4.61. The minimum atomic E-state index is -0.337. The Morgan fingerprint density at radius 3 is 2.50 bits per heavy atom. The van der Waals surface area contributed by atoms with Crippen molar-refractivity contribution in [1.29, 1.82) is 10.5 Å². The lowest BCUT2D eigenvalue weighted by molar-refractivity contribution is 1.06. The summed E-state index contributed by atoms with van der Waals surface area (Å²) in [4.78, 5) is 0.977. The van der Waals surface area contributed by atoms with Crippen molar-refractivity contribution in [3.8, 4) is 12.1 Å². The molecule has 0 saturated heterocycles. The average Bonchev–Trinajstić information content (AvgIpc) is 2.84. The van der Waals surface area contributed by atoms with Gasteiger partial charge in [-0.25, -0.2) is 0 Å². The van der Waals surface area contributed by atoms with E-state index in [-0.39, 0.29) is 5.92 Å². The Bertz CT molecular complexity index is 558. The lowest BCUT2D eigenvalue weighted by Gasteiger charge is -2.08. The van der Waals surface area contributed by atoms with Crippen molar-refractivity contribution in [2.24, 2.45) is 0 Å². The van der Waals surface area contributed by atoms with E-state index in [0.29, 0.717) is 5.56 Å². The molecule has 16 heavy (non-hydrogen) atoms. The van der Waals surface area contributed by atoms with E-state index in [4.69, 9.17) is 5.26 Å². The minimum absolute atomic E-state index is 0.337. The van der Waals surface area contributed by atoms with Crippen molar-refractivity contribution in [3.05, 3.63) is 57.8 Å². The van der Waals surface area contributed by atoms with E-state index in [0.717, 1.165) is 10.4 Å². The van der Waals surface area contributed by atoms with Crippen LogP contribution in [-0.2, 0) is 0 Å². The van der Waals surface area contributed by atoms with Crippen LogP contribution in [-0.4, -0.2) is 0 Å². The van der Waals surface area contributed by atoms with Crippen molar-refractivity contribution in [1.82, 2.24) is 0 Å². The molecule has 0 aliphatic carbocycles.